The number of nitrogens with zero attached hydrogens (tertiary/aromatic N) is 1. The average molecular weight is 291 g/mol. The zero-order valence-corrected chi connectivity index (χ0v) is 12.1. The van der Waals surface area contributed by atoms with Gasteiger partial charge in [-0.1, -0.05) is 0 Å². The molecule has 1 unspecified atom stereocenters. The van der Waals surface area contributed by atoms with E-state index < -0.39 is 17.0 Å². The molecule has 0 saturated carbocycles. The number of carbonyl (C=O) groups excluding carboxylic acids is 1. The highest BCUT2D eigenvalue weighted by Crippen LogP contribution is 2.23. The van der Waals surface area contributed by atoms with Gasteiger partial charge >= 0.3 is 5.97 Å². The number of aliphatic hydroxyl groups is 1. The number of rotatable bonds is 5. The van der Waals surface area contributed by atoms with Crippen molar-refractivity contribution in [1.82, 2.24) is 0 Å². The molecular formula is C15H17NO5. The first kappa shape index (κ1) is 16.6. The molecule has 0 fully saturated rings. The predicted octanol–water partition coefficient (Wildman–Crippen LogP) is 2.68. The number of nitro groups is 1. The van der Waals surface area contributed by atoms with Gasteiger partial charge in [-0.05, 0) is 38.5 Å². The molecule has 0 amide bonds. The van der Waals surface area contributed by atoms with Crippen LogP contribution in [0, 0.1) is 10.1 Å². The molecule has 0 spiro atoms. The topological polar surface area (TPSA) is 89.7 Å². The lowest BCUT2D eigenvalue weighted by Gasteiger charge is -2.10. The van der Waals surface area contributed by atoms with Gasteiger partial charge in [0.05, 0.1) is 17.1 Å². The van der Waals surface area contributed by atoms with Crippen molar-refractivity contribution in [3.05, 3.63) is 56.8 Å². The molecule has 21 heavy (non-hydrogen) atoms. The van der Waals surface area contributed by atoms with Crippen molar-refractivity contribution in [3.8, 4) is 0 Å². The molecule has 1 atom stereocenters. The number of esters is 1. The second-order valence-electron chi connectivity index (χ2n) is 4.40. The molecule has 0 aliphatic heterocycles. The van der Waals surface area contributed by atoms with E-state index in [2.05, 4.69) is 5.73 Å². The van der Waals surface area contributed by atoms with Gasteiger partial charge in [0.15, 0.2) is 0 Å². The highest BCUT2D eigenvalue weighted by atomic mass is 16.6. The summed E-state index contributed by atoms with van der Waals surface area (Å²) >= 11 is 0. The number of aliphatic hydroxyl groups excluding tert-OH is 1. The second-order valence-corrected chi connectivity index (χ2v) is 4.40. The lowest BCUT2D eigenvalue weighted by molar-refractivity contribution is -0.384. The predicted molar refractivity (Wildman–Crippen MR) is 76.6 cm³/mol. The van der Waals surface area contributed by atoms with Crippen LogP contribution in [0.4, 0.5) is 5.69 Å². The summed E-state index contributed by atoms with van der Waals surface area (Å²) in [4.78, 5) is 21.5. The number of nitro benzene ring substituents is 1. The zero-order valence-electron chi connectivity index (χ0n) is 12.1. The average Bonchev–Trinajstić information content (AvgIpc) is 2.46. The van der Waals surface area contributed by atoms with E-state index in [-0.39, 0.29) is 17.9 Å². The molecule has 0 saturated heterocycles. The molecule has 0 aliphatic rings. The molecular weight excluding hydrogens is 274 g/mol. The third-order valence-corrected chi connectivity index (χ3v) is 2.80. The molecule has 0 heterocycles. The minimum Gasteiger partial charge on any atom is -0.462 e. The van der Waals surface area contributed by atoms with Crippen LogP contribution in [-0.2, 0) is 9.53 Å². The molecule has 6 nitrogen and oxygen atoms in total. The Morgan fingerprint density at radius 2 is 1.95 bits per heavy atom. The van der Waals surface area contributed by atoms with Crippen LogP contribution in [0.5, 0.6) is 0 Å². The minimum absolute atomic E-state index is 0.0502. The fraction of sp³-hybridized carbons (Fsp3) is 0.333. The molecule has 1 N–H and O–H groups in total. The maximum Gasteiger partial charge on any atom is 0.341 e. The van der Waals surface area contributed by atoms with E-state index in [1.807, 2.05) is 0 Å². The fourth-order valence-electron chi connectivity index (χ4n) is 1.68. The zero-order chi connectivity index (χ0) is 16.0. The molecule has 0 aromatic heterocycles. The molecule has 0 aliphatic carbocycles. The van der Waals surface area contributed by atoms with E-state index in [4.69, 9.17) is 4.74 Å². The monoisotopic (exact) mass is 291 g/mol. The Bertz CT molecular complexity index is 597. The number of benzene rings is 1. The van der Waals surface area contributed by atoms with Gasteiger partial charge in [0, 0.05) is 17.7 Å². The van der Waals surface area contributed by atoms with Crippen LogP contribution in [0.15, 0.2) is 41.1 Å². The van der Waals surface area contributed by atoms with E-state index >= 15 is 0 Å². The number of non-ortho nitro benzene ring substituents is 1. The molecule has 1 rings (SSSR count). The SMILES string of the molecule is CCOC(=O)C(C)=C=C(C)C(O)c1ccc([N+](=O)[O-])cc1. The van der Waals surface area contributed by atoms with Crippen molar-refractivity contribution < 1.29 is 19.6 Å². The van der Waals surface area contributed by atoms with E-state index in [1.165, 1.54) is 24.3 Å². The minimum atomic E-state index is -0.991. The van der Waals surface area contributed by atoms with Gasteiger partial charge in [-0.2, -0.15) is 0 Å². The van der Waals surface area contributed by atoms with Crippen LogP contribution in [0.1, 0.15) is 32.4 Å². The first-order chi connectivity index (χ1) is 9.86. The van der Waals surface area contributed by atoms with E-state index in [9.17, 15) is 20.0 Å². The summed E-state index contributed by atoms with van der Waals surface area (Å²) in [7, 11) is 0. The summed E-state index contributed by atoms with van der Waals surface area (Å²) in [6.07, 6.45) is -0.991. The van der Waals surface area contributed by atoms with Crippen molar-refractivity contribution in [2.45, 2.75) is 26.9 Å². The molecule has 6 heteroatoms. The van der Waals surface area contributed by atoms with Crippen molar-refractivity contribution in [2.24, 2.45) is 0 Å². The fourth-order valence-corrected chi connectivity index (χ4v) is 1.68. The van der Waals surface area contributed by atoms with Crippen LogP contribution >= 0.6 is 0 Å². The smallest absolute Gasteiger partial charge is 0.341 e. The molecule has 1 aromatic carbocycles. The second kappa shape index (κ2) is 7.38. The Morgan fingerprint density at radius 3 is 2.43 bits per heavy atom. The van der Waals surface area contributed by atoms with Crippen LogP contribution in [0.3, 0.4) is 0 Å². The van der Waals surface area contributed by atoms with Gasteiger partial charge in [0.25, 0.3) is 5.69 Å². The Labute approximate surface area is 122 Å². The van der Waals surface area contributed by atoms with Crippen molar-refractivity contribution >= 4 is 11.7 Å². The third kappa shape index (κ3) is 4.56. The Kier molecular flexibility index (Phi) is 5.84. The van der Waals surface area contributed by atoms with Gasteiger partial charge in [-0.15, -0.1) is 5.73 Å². The third-order valence-electron chi connectivity index (χ3n) is 2.80. The van der Waals surface area contributed by atoms with Gasteiger partial charge in [-0.3, -0.25) is 10.1 Å². The molecule has 0 bridgehead atoms. The molecule has 1 aromatic rings. The first-order valence-electron chi connectivity index (χ1n) is 6.40. The van der Waals surface area contributed by atoms with E-state index in [0.717, 1.165) is 0 Å². The standard InChI is InChI=1S/C15H17NO5/c1-4-21-15(18)11(3)9-10(2)14(17)12-5-7-13(8-6-12)16(19)20/h5-8,14,17H,4H2,1-3H3. The number of carbonyl (C=O) groups is 1. The maximum absolute atomic E-state index is 11.5. The lowest BCUT2D eigenvalue weighted by atomic mass is 10.0. The number of ether oxygens (including phenoxy) is 1. The first-order valence-corrected chi connectivity index (χ1v) is 6.40. The van der Waals surface area contributed by atoms with E-state index in [0.29, 0.717) is 11.1 Å². The molecule has 0 radical (unpaired) electrons. The Balaban J connectivity index is 3.01. The summed E-state index contributed by atoms with van der Waals surface area (Å²) in [6, 6.07) is 5.56. The summed E-state index contributed by atoms with van der Waals surface area (Å²) in [5.41, 5.74) is 3.90. The Hall–Kier alpha value is -2.43. The summed E-state index contributed by atoms with van der Waals surface area (Å²) < 4.78 is 4.82. The maximum atomic E-state index is 11.5. The summed E-state index contributed by atoms with van der Waals surface area (Å²) in [5.74, 6) is -0.493. The van der Waals surface area contributed by atoms with Gasteiger partial charge in [-0.25, -0.2) is 4.79 Å². The van der Waals surface area contributed by atoms with Crippen LogP contribution in [-0.4, -0.2) is 22.6 Å². The lowest BCUT2D eigenvalue weighted by Crippen LogP contribution is -2.05. The normalized spacial score (nSPS) is 11.2. The highest BCUT2D eigenvalue weighted by Gasteiger charge is 2.13. The van der Waals surface area contributed by atoms with Gasteiger partial charge < -0.3 is 9.84 Å². The Morgan fingerprint density at radius 1 is 1.38 bits per heavy atom. The van der Waals surface area contributed by atoms with Crippen molar-refractivity contribution in [3.63, 3.8) is 0 Å². The summed E-state index contributed by atoms with van der Waals surface area (Å²) in [6.45, 7) is 5.13. The molecule has 112 valence electrons. The van der Waals surface area contributed by atoms with Gasteiger partial charge in [0.1, 0.15) is 6.10 Å². The number of hydrogen-bond acceptors (Lipinski definition) is 5. The van der Waals surface area contributed by atoms with Crippen LogP contribution in [0.25, 0.3) is 0 Å². The van der Waals surface area contributed by atoms with E-state index in [1.54, 1.807) is 20.8 Å². The quantitative estimate of drug-likeness (QED) is 0.296. The summed E-state index contributed by atoms with van der Waals surface area (Å²) in [5, 5.41) is 20.7. The largest absolute Gasteiger partial charge is 0.462 e. The van der Waals surface area contributed by atoms with Gasteiger partial charge in [0.2, 0.25) is 0 Å². The number of hydrogen-bond donors (Lipinski definition) is 1. The van der Waals surface area contributed by atoms with Crippen LogP contribution < -0.4 is 0 Å². The van der Waals surface area contributed by atoms with Crippen molar-refractivity contribution in [2.75, 3.05) is 6.61 Å². The highest BCUT2D eigenvalue weighted by molar-refractivity contribution is 5.87. The van der Waals surface area contributed by atoms with Crippen molar-refractivity contribution in [1.29, 1.82) is 0 Å². The van der Waals surface area contributed by atoms with Crippen LogP contribution in [0.2, 0.25) is 0 Å².